The third-order valence-corrected chi connectivity index (χ3v) is 4.56. The summed E-state index contributed by atoms with van der Waals surface area (Å²) in [7, 11) is 0. The van der Waals surface area contributed by atoms with E-state index in [0.29, 0.717) is 22.5 Å². The van der Waals surface area contributed by atoms with Crippen LogP contribution in [-0.4, -0.2) is 25.5 Å². The van der Waals surface area contributed by atoms with Gasteiger partial charge in [-0.1, -0.05) is 12.1 Å². The highest BCUT2D eigenvalue weighted by atomic mass is 19.1. The Labute approximate surface area is 165 Å². The number of hydrogen-bond donors (Lipinski definition) is 2. The van der Waals surface area contributed by atoms with Crippen LogP contribution < -0.4 is 10.9 Å². The Morgan fingerprint density at radius 3 is 2.62 bits per heavy atom. The second-order valence-corrected chi connectivity index (χ2v) is 6.74. The lowest BCUT2D eigenvalue weighted by atomic mass is 10.0. The van der Waals surface area contributed by atoms with E-state index in [1.807, 2.05) is 6.92 Å². The van der Waals surface area contributed by atoms with E-state index in [1.54, 1.807) is 30.3 Å². The standard InChI is InChI=1S/C21H18FN5O2/c1-13-10-19-24-17(12-20(28)27(19)26-13)11-18(14-2-4-16(22)5-3-14)25-21(29)15-6-8-23-9-7-15/h2-10,12,18,26H,11H2,1H3,(H,25,29). The van der Waals surface area contributed by atoms with Crippen LogP contribution in [0.4, 0.5) is 4.39 Å². The monoisotopic (exact) mass is 391 g/mol. The molecule has 0 saturated heterocycles. The molecule has 8 heteroatoms. The molecule has 0 radical (unpaired) electrons. The third kappa shape index (κ3) is 4.06. The van der Waals surface area contributed by atoms with Crippen LogP contribution in [0.5, 0.6) is 0 Å². The van der Waals surface area contributed by atoms with E-state index in [2.05, 4.69) is 20.4 Å². The molecule has 0 aliphatic heterocycles. The number of halogens is 1. The SMILES string of the molecule is Cc1cc2nc(CC(NC(=O)c3ccncc3)c3ccc(F)cc3)cc(=O)n2[nH]1. The molecule has 2 N–H and O–H groups in total. The molecule has 0 fully saturated rings. The average molecular weight is 391 g/mol. The van der Waals surface area contributed by atoms with Crippen molar-refractivity contribution in [1.82, 2.24) is 24.9 Å². The van der Waals surface area contributed by atoms with Crippen molar-refractivity contribution < 1.29 is 9.18 Å². The van der Waals surface area contributed by atoms with Gasteiger partial charge >= 0.3 is 0 Å². The summed E-state index contributed by atoms with van der Waals surface area (Å²) in [4.78, 5) is 33.5. The fourth-order valence-electron chi connectivity index (χ4n) is 3.17. The zero-order valence-electron chi connectivity index (χ0n) is 15.6. The maximum Gasteiger partial charge on any atom is 0.272 e. The highest BCUT2D eigenvalue weighted by Crippen LogP contribution is 2.19. The van der Waals surface area contributed by atoms with Crippen molar-refractivity contribution in [3.63, 3.8) is 0 Å². The number of fused-ring (bicyclic) bond motifs is 1. The molecular formula is C21H18FN5O2. The molecule has 3 heterocycles. The molecule has 0 bridgehead atoms. The number of nitrogens with zero attached hydrogens (tertiary/aromatic N) is 3. The number of rotatable bonds is 5. The minimum Gasteiger partial charge on any atom is -0.345 e. The first-order valence-corrected chi connectivity index (χ1v) is 9.04. The fraction of sp³-hybridized carbons (Fsp3) is 0.143. The summed E-state index contributed by atoms with van der Waals surface area (Å²) in [6.45, 7) is 1.84. The first kappa shape index (κ1) is 18.5. The van der Waals surface area contributed by atoms with E-state index in [1.165, 1.54) is 35.1 Å². The summed E-state index contributed by atoms with van der Waals surface area (Å²) < 4.78 is 14.7. The molecule has 0 saturated carbocycles. The zero-order chi connectivity index (χ0) is 20.4. The Morgan fingerprint density at radius 2 is 1.90 bits per heavy atom. The molecule has 0 aliphatic rings. The van der Waals surface area contributed by atoms with Crippen LogP contribution in [0.25, 0.3) is 5.65 Å². The van der Waals surface area contributed by atoms with Crippen LogP contribution in [0.15, 0.2) is 65.7 Å². The van der Waals surface area contributed by atoms with Crippen LogP contribution in [-0.2, 0) is 6.42 Å². The van der Waals surface area contributed by atoms with Gasteiger partial charge in [0.15, 0.2) is 5.65 Å². The largest absolute Gasteiger partial charge is 0.345 e. The van der Waals surface area contributed by atoms with E-state index in [-0.39, 0.29) is 23.7 Å². The molecule has 146 valence electrons. The molecule has 1 unspecified atom stereocenters. The Bertz CT molecular complexity index is 1220. The Morgan fingerprint density at radius 1 is 1.17 bits per heavy atom. The zero-order valence-corrected chi connectivity index (χ0v) is 15.6. The predicted octanol–water partition coefficient (Wildman–Crippen LogP) is 2.58. The highest BCUT2D eigenvalue weighted by Gasteiger charge is 2.18. The molecule has 29 heavy (non-hydrogen) atoms. The van der Waals surface area contributed by atoms with Gasteiger partial charge in [0.1, 0.15) is 5.82 Å². The molecule has 1 atom stereocenters. The van der Waals surface area contributed by atoms with E-state index in [4.69, 9.17) is 0 Å². The van der Waals surface area contributed by atoms with Gasteiger partial charge in [-0.3, -0.25) is 19.7 Å². The number of H-pyrrole nitrogens is 1. The second kappa shape index (κ2) is 7.67. The van der Waals surface area contributed by atoms with Crippen molar-refractivity contribution in [3.05, 3.63) is 99.6 Å². The number of carbonyl (C=O) groups is 1. The van der Waals surface area contributed by atoms with Crippen LogP contribution in [0.3, 0.4) is 0 Å². The molecule has 0 aliphatic carbocycles. The van der Waals surface area contributed by atoms with E-state index in [9.17, 15) is 14.0 Å². The first-order valence-electron chi connectivity index (χ1n) is 9.04. The topological polar surface area (TPSA) is 92.2 Å². The number of carbonyl (C=O) groups excluding carboxylic acids is 1. The molecule has 4 aromatic rings. The summed E-state index contributed by atoms with van der Waals surface area (Å²) in [5, 5.41) is 5.87. The Hall–Kier alpha value is -3.81. The van der Waals surface area contributed by atoms with Crippen molar-refractivity contribution in [2.45, 2.75) is 19.4 Å². The number of benzene rings is 1. The quantitative estimate of drug-likeness (QED) is 0.547. The van der Waals surface area contributed by atoms with Crippen LogP contribution in [0.2, 0.25) is 0 Å². The third-order valence-electron chi connectivity index (χ3n) is 4.56. The maximum atomic E-state index is 13.4. The molecule has 1 aromatic carbocycles. The molecule has 0 spiro atoms. The van der Waals surface area contributed by atoms with Gasteiger partial charge in [-0.2, -0.15) is 0 Å². The number of pyridine rings is 1. The lowest BCUT2D eigenvalue weighted by Crippen LogP contribution is -2.30. The van der Waals surface area contributed by atoms with Gasteiger partial charge in [-0.15, -0.1) is 0 Å². The van der Waals surface area contributed by atoms with Crippen LogP contribution >= 0.6 is 0 Å². The molecule has 3 aromatic heterocycles. The maximum absolute atomic E-state index is 13.4. The van der Waals surface area contributed by atoms with Gasteiger partial charge in [0.2, 0.25) is 0 Å². The van der Waals surface area contributed by atoms with Gasteiger partial charge in [-0.25, -0.2) is 13.9 Å². The van der Waals surface area contributed by atoms with Crippen molar-refractivity contribution in [2.75, 3.05) is 0 Å². The van der Waals surface area contributed by atoms with E-state index < -0.39 is 6.04 Å². The second-order valence-electron chi connectivity index (χ2n) is 6.74. The number of aromatic nitrogens is 4. The van der Waals surface area contributed by atoms with E-state index in [0.717, 1.165) is 5.69 Å². The molecular weight excluding hydrogens is 373 g/mol. The number of aryl methyl sites for hydroxylation is 1. The number of amides is 1. The molecule has 7 nitrogen and oxygen atoms in total. The first-order chi connectivity index (χ1) is 14.0. The summed E-state index contributed by atoms with van der Waals surface area (Å²) >= 11 is 0. The van der Waals surface area contributed by atoms with Crippen molar-refractivity contribution in [3.8, 4) is 0 Å². The molecule has 4 rings (SSSR count). The lowest BCUT2D eigenvalue weighted by molar-refractivity contribution is 0.0936. The van der Waals surface area contributed by atoms with Gasteiger partial charge < -0.3 is 5.32 Å². The lowest BCUT2D eigenvalue weighted by Gasteiger charge is -2.19. The van der Waals surface area contributed by atoms with Crippen molar-refractivity contribution in [2.24, 2.45) is 0 Å². The Balaban J connectivity index is 1.67. The van der Waals surface area contributed by atoms with Gasteiger partial charge in [-0.05, 0) is 36.8 Å². The number of nitrogens with one attached hydrogen (secondary N) is 2. The minimum absolute atomic E-state index is 0.239. The smallest absolute Gasteiger partial charge is 0.272 e. The van der Waals surface area contributed by atoms with Crippen molar-refractivity contribution >= 4 is 11.6 Å². The molecule has 1 amide bonds. The van der Waals surface area contributed by atoms with Gasteiger partial charge in [0.05, 0.1) is 11.7 Å². The highest BCUT2D eigenvalue weighted by molar-refractivity contribution is 5.94. The normalized spacial score (nSPS) is 12.1. The summed E-state index contributed by atoms with van der Waals surface area (Å²) in [6.07, 6.45) is 3.34. The van der Waals surface area contributed by atoms with E-state index >= 15 is 0 Å². The van der Waals surface area contributed by atoms with Crippen LogP contribution in [0.1, 0.15) is 33.4 Å². The van der Waals surface area contributed by atoms with Crippen LogP contribution in [0, 0.1) is 12.7 Å². The fourth-order valence-corrected chi connectivity index (χ4v) is 3.17. The Kier molecular flexibility index (Phi) is 4.90. The predicted molar refractivity (Wildman–Crippen MR) is 105 cm³/mol. The summed E-state index contributed by atoms with van der Waals surface area (Å²) in [6, 6.07) is 11.8. The van der Waals surface area contributed by atoms with Gasteiger partial charge in [0, 0.05) is 42.2 Å². The minimum atomic E-state index is -0.495. The van der Waals surface area contributed by atoms with Gasteiger partial charge in [0.25, 0.3) is 11.5 Å². The summed E-state index contributed by atoms with van der Waals surface area (Å²) in [5.74, 6) is -0.662. The average Bonchev–Trinajstić information content (AvgIpc) is 3.09. The number of hydrogen-bond acceptors (Lipinski definition) is 4. The van der Waals surface area contributed by atoms with Crippen molar-refractivity contribution in [1.29, 1.82) is 0 Å². The number of aromatic amines is 1. The summed E-state index contributed by atoms with van der Waals surface area (Å²) in [5.41, 5.74) is 2.77.